The minimum Gasteiger partial charge on any atom is -0.399 e. The molecule has 0 aliphatic rings. The number of nitrogen functional groups attached to an aromatic ring is 1. The lowest BCUT2D eigenvalue weighted by Crippen LogP contribution is -2.13. The molecular weight excluding hydrogens is 233 g/mol. The van der Waals surface area contributed by atoms with E-state index in [0.717, 1.165) is 5.56 Å². The third kappa shape index (κ3) is 2.63. The first-order valence-electron chi connectivity index (χ1n) is 5.34. The number of halogens is 1. The maximum absolute atomic E-state index is 13.1. The van der Waals surface area contributed by atoms with Crippen LogP contribution in [0.15, 0.2) is 36.7 Å². The number of pyridine rings is 1. The molecule has 1 amide bonds. The molecule has 0 saturated heterocycles. The topological polar surface area (TPSA) is 68.0 Å². The van der Waals surface area contributed by atoms with Crippen LogP contribution in [0.3, 0.4) is 0 Å². The Balaban J connectivity index is 2.24. The molecule has 0 bridgehead atoms. The smallest absolute Gasteiger partial charge is 0.256 e. The van der Waals surface area contributed by atoms with Crippen LogP contribution in [0.2, 0.25) is 0 Å². The van der Waals surface area contributed by atoms with Crippen LogP contribution in [0.4, 0.5) is 15.8 Å². The standard InChI is InChI=1S/C13H12FN3O/c1-8-7-16-3-2-12(8)13(18)17-11-5-9(14)4-10(15)6-11/h2-7H,15H2,1H3,(H,17,18). The van der Waals surface area contributed by atoms with E-state index in [1.165, 1.54) is 24.4 Å². The van der Waals surface area contributed by atoms with Crippen molar-refractivity contribution in [2.45, 2.75) is 6.92 Å². The molecule has 0 aliphatic heterocycles. The van der Waals surface area contributed by atoms with Crippen molar-refractivity contribution in [1.82, 2.24) is 4.98 Å². The number of nitrogens with two attached hydrogens (primary N) is 1. The van der Waals surface area contributed by atoms with Crippen molar-refractivity contribution < 1.29 is 9.18 Å². The molecule has 0 saturated carbocycles. The molecule has 4 nitrogen and oxygen atoms in total. The second-order valence-corrected chi connectivity index (χ2v) is 3.92. The summed E-state index contributed by atoms with van der Waals surface area (Å²) in [5.41, 5.74) is 7.33. The van der Waals surface area contributed by atoms with Gasteiger partial charge in [0.15, 0.2) is 0 Å². The lowest BCUT2D eigenvalue weighted by Gasteiger charge is -2.08. The van der Waals surface area contributed by atoms with Crippen LogP contribution in [-0.2, 0) is 0 Å². The minimum atomic E-state index is -0.489. The molecule has 0 radical (unpaired) electrons. The normalized spacial score (nSPS) is 10.1. The Morgan fingerprint density at radius 1 is 1.39 bits per heavy atom. The number of aryl methyl sites for hydroxylation is 1. The van der Waals surface area contributed by atoms with E-state index < -0.39 is 5.82 Å². The van der Waals surface area contributed by atoms with E-state index in [9.17, 15) is 9.18 Å². The van der Waals surface area contributed by atoms with E-state index in [1.807, 2.05) is 0 Å². The maximum Gasteiger partial charge on any atom is 0.256 e. The summed E-state index contributed by atoms with van der Waals surface area (Å²) in [6.07, 6.45) is 3.12. The number of rotatable bonds is 2. The summed E-state index contributed by atoms with van der Waals surface area (Å²) in [5, 5.41) is 2.59. The molecule has 0 aliphatic carbocycles. The summed E-state index contributed by atoms with van der Waals surface area (Å²) >= 11 is 0. The van der Waals surface area contributed by atoms with Crippen molar-refractivity contribution in [2.75, 3.05) is 11.1 Å². The van der Waals surface area contributed by atoms with Crippen molar-refractivity contribution in [2.24, 2.45) is 0 Å². The molecule has 18 heavy (non-hydrogen) atoms. The van der Waals surface area contributed by atoms with E-state index in [4.69, 9.17) is 5.73 Å². The summed E-state index contributed by atoms with van der Waals surface area (Å²) in [7, 11) is 0. The van der Waals surface area contributed by atoms with Crippen LogP contribution >= 0.6 is 0 Å². The Bertz CT molecular complexity index is 578. The molecule has 92 valence electrons. The Labute approximate surface area is 104 Å². The first-order chi connectivity index (χ1) is 8.56. The van der Waals surface area contributed by atoms with Crippen LogP contribution in [0, 0.1) is 12.7 Å². The zero-order valence-electron chi connectivity index (χ0n) is 9.77. The Kier molecular flexibility index (Phi) is 3.23. The van der Waals surface area contributed by atoms with Crippen LogP contribution in [0.5, 0.6) is 0 Å². The van der Waals surface area contributed by atoms with Gasteiger partial charge in [0, 0.05) is 29.3 Å². The second-order valence-electron chi connectivity index (χ2n) is 3.92. The van der Waals surface area contributed by atoms with Gasteiger partial charge in [-0.25, -0.2) is 4.39 Å². The lowest BCUT2D eigenvalue weighted by molar-refractivity contribution is 0.102. The monoisotopic (exact) mass is 245 g/mol. The van der Waals surface area contributed by atoms with Gasteiger partial charge in [0.1, 0.15) is 5.82 Å². The SMILES string of the molecule is Cc1cnccc1C(=O)Nc1cc(N)cc(F)c1. The van der Waals surface area contributed by atoms with Crippen LogP contribution in [0.1, 0.15) is 15.9 Å². The maximum atomic E-state index is 13.1. The van der Waals surface area contributed by atoms with Gasteiger partial charge < -0.3 is 11.1 Å². The van der Waals surface area contributed by atoms with E-state index in [0.29, 0.717) is 11.3 Å². The summed E-state index contributed by atoms with van der Waals surface area (Å²) in [5.74, 6) is -0.809. The second kappa shape index (κ2) is 4.83. The number of aromatic nitrogens is 1. The predicted molar refractivity (Wildman–Crippen MR) is 67.7 cm³/mol. The number of amides is 1. The first kappa shape index (κ1) is 12.0. The van der Waals surface area contributed by atoms with Gasteiger partial charge in [-0.1, -0.05) is 0 Å². The number of nitrogens with zero attached hydrogens (tertiary/aromatic N) is 1. The Morgan fingerprint density at radius 2 is 2.17 bits per heavy atom. The van der Waals surface area contributed by atoms with Gasteiger partial charge in [-0.15, -0.1) is 0 Å². The number of benzene rings is 1. The minimum absolute atomic E-state index is 0.261. The fourth-order valence-corrected chi connectivity index (χ4v) is 1.61. The third-order valence-electron chi connectivity index (χ3n) is 2.44. The molecule has 0 unspecified atom stereocenters. The Hall–Kier alpha value is -2.43. The molecule has 2 aromatic rings. The zero-order chi connectivity index (χ0) is 13.1. The highest BCUT2D eigenvalue weighted by Gasteiger charge is 2.09. The van der Waals surface area contributed by atoms with Gasteiger partial charge in [-0.05, 0) is 36.8 Å². The quantitative estimate of drug-likeness (QED) is 0.798. The average Bonchev–Trinajstić information content (AvgIpc) is 2.27. The first-order valence-corrected chi connectivity index (χ1v) is 5.34. The largest absolute Gasteiger partial charge is 0.399 e. The zero-order valence-corrected chi connectivity index (χ0v) is 9.77. The van der Waals surface area contributed by atoms with Crippen molar-refractivity contribution in [3.8, 4) is 0 Å². The number of anilines is 2. The predicted octanol–water partition coefficient (Wildman–Crippen LogP) is 2.36. The highest BCUT2D eigenvalue weighted by Crippen LogP contribution is 2.17. The van der Waals surface area contributed by atoms with Crippen LogP contribution in [0.25, 0.3) is 0 Å². The summed E-state index contributed by atoms with van der Waals surface area (Å²) < 4.78 is 13.1. The molecule has 3 N–H and O–H groups in total. The molecule has 5 heteroatoms. The molecular formula is C13H12FN3O. The van der Waals surface area contributed by atoms with E-state index >= 15 is 0 Å². The highest BCUT2D eigenvalue weighted by atomic mass is 19.1. The van der Waals surface area contributed by atoms with Gasteiger partial charge in [-0.2, -0.15) is 0 Å². The summed E-state index contributed by atoms with van der Waals surface area (Å²) in [6.45, 7) is 1.78. The Morgan fingerprint density at radius 3 is 2.83 bits per heavy atom. The third-order valence-corrected chi connectivity index (χ3v) is 2.44. The van der Waals surface area contributed by atoms with Crippen molar-refractivity contribution in [3.63, 3.8) is 0 Å². The molecule has 0 atom stereocenters. The molecule has 1 heterocycles. The highest BCUT2D eigenvalue weighted by molar-refractivity contribution is 6.05. The van der Waals surface area contributed by atoms with Gasteiger partial charge in [0.2, 0.25) is 0 Å². The summed E-state index contributed by atoms with van der Waals surface area (Å²) in [4.78, 5) is 15.9. The summed E-state index contributed by atoms with van der Waals surface area (Å²) in [6, 6.07) is 5.50. The number of hydrogen-bond acceptors (Lipinski definition) is 3. The molecule has 0 fully saturated rings. The van der Waals surface area contributed by atoms with Gasteiger partial charge in [0.05, 0.1) is 0 Å². The van der Waals surface area contributed by atoms with Crippen molar-refractivity contribution in [1.29, 1.82) is 0 Å². The number of carbonyl (C=O) groups is 1. The fraction of sp³-hybridized carbons (Fsp3) is 0.0769. The van der Waals surface area contributed by atoms with Crippen LogP contribution < -0.4 is 11.1 Å². The van der Waals surface area contributed by atoms with E-state index in [1.54, 1.807) is 19.2 Å². The van der Waals surface area contributed by atoms with Crippen molar-refractivity contribution >= 4 is 17.3 Å². The number of carbonyl (C=O) groups excluding carboxylic acids is 1. The van der Waals surface area contributed by atoms with E-state index in [-0.39, 0.29) is 11.6 Å². The van der Waals surface area contributed by atoms with E-state index in [2.05, 4.69) is 10.3 Å². The number of hydrogen-bond donors (Lipinski definition) is 2. The molecule has 0 spiro atoms. The van der Waals surface area contributed by atoms with Crippen molar-refractivity contribution in [3.05, 3.63) is 53.6 Å². The number of nitrogens with one attached hydrogen (secondary N) is 1. The van der Waals surface area contributed by atoms with Gasteiger partial charge in [0.25, 0.3) is 5.91 Å². The fourth-order valence-electron chi connectivity index (χ4n) is 1.61. The van der Waals surface area contributed by atoms with Gasteiger partial charge in [-0.3, -0.25) is 9.78 Å². The van der Waals surface area contributed by atoms with Crippen LogP contribution in [-0.4, -0.2) is 10.9 Å². The molecule has 1 aromatic carbocycles. The average molecular weight is 245 g/mol. The molecule has 1 aromatic heterocycles. The molecule has 2 rings (SSSR count). The lowest BCUT2D eigenvalue weighted by atomic mass is 10.1. The van der Waals surface area contributed by atoms with Gasteiger partial charge >= 0.3 is 0 Å².